The Balaban J connectivity index is 2.86. The maximum absolute atomic E-state index is 12.4. The molecule has 1 heterocycles. The summed E-state index contributed by atoms with van der Waals surface area (Å²) in [5.74, 6) is 3.04. The number of rotatable bonds is 8. The third kappa shape index (κ3) is 5.96. The fourth-order valence-corrected chi connectivity index (χ4v) is 2.57. The molecule has 0 fully saturated rings. The van der Waals surface area contributed by atoms with Crippen LogP contribution in [0.2, 0.25) is 0 Å². The van der Waals surface area contributed by atoms with Crippen molar-refractivity contribution in [2.24, 2.45) is 0 Å². The van der Waals surface area contributed by atoms with Crippen molar-refractivity contribution >= 4 is 23.5 Å². The summed E-state index contributed by atoms with van der Waals surface area (Å²) in [6.45, 7) is 11.1. The van der Waals surface area contributed by atoms with Gasteiger partial charge in [-0.1, -0.05) is 20.8 Å². The molecule has 0 aliphatic heterocycles. The van der Waals surface area contributed by atoms with E-state index in [9.17, 15) is 4.79 Å². The van der Waals surface area contributed by atoms with Crippen molar-refractivity contribution in [1.82, 2.24) is 10.3 Å². The number of carbonyl (C=O) groups excluding carboxylic acids is 1. The molecule has 0 aliphatic carbocycles. The lowest BCUT2D eigenvalue weighted by molar-refractivity contribution is 0.0943. The van der Waals surface area contributed by atoms with Crippen molar-refractivity contribution < 1.29 is 4.79 Å². The molecule has 0 bridgehead atoms. The maximum atomic E-state index is 12.4. The van der Waals surface area contributed by atoms with Crippen LogP contribution in [0, 0.1) is 0 Å². The van der Waals surface area contributed by atoms with Gasteiger partial charge in [-0.3, -0.25) is 4.79 Å². The molecule has 4 nitrogen and oxygen atoms in total. The summed E-state index contributed by atoms with van der Waals surface area (Å²) >= 11 is 1.83. The summed E-state index contributed by atoms with van der Waals surface area (Å²) in [7, 11) is 0. The van der Waals surface area contributed by atoms with Crippen LogP contribution in [0.4, 0.5) is 5.82 Å². The Morgan fingerprint density at radius 3 is 2.57 bits per heavy atom. The molecule has 1 aromatic heterocycles. The molecule has 0 saturated carbocycles. The second-order valence-electron chi connectivity index (χ2n) is 5.38. The SMILES string of the molecule is CCNc1cc(C(=O)NC(C)CSCC)cc(C(C)C)n1. The Hall–Kier alpha value is -1.23. The lowest BCUT2D eigenvalue weighted by Gasteiger charge is -2.15. The van der Waals surface area contributed by atoms with Crippen LogP contribution in [-0.4, -0.2) is 35.0 Å². The second kappa shape index (κ2) is 8.93. The number of anilines is 1. The number of amides is 1. The topological polar surface area (TPSA) is 54.0 Å². The number of hydrogen-bond acceptors (Lipinski definition) is 4. The van der Waals surface area contributed by atoms with E-state index in [1.54, 1.807) is 0 Å². The standard InChI is InChI=1S/C16H27N3OS/c1-6-17-15-9-13(8-14(19-15)11(3)4)16(20)18-12(5)10-21-7-2/h8-9,11-12H,6-7,10H2,1-5H3,(H,17,19)(H,18,20). The molecular formula is C16H27N3OS. The van der Waals surface area contributed by atoms with E-state index in [0.29, 0.717) is 11.5 Å². The lowest BCUT2D eigenvalue weighted by Crippen LogP contribution is -2.34. The van der Waals surface area contributed by atoms with E-state index in [1.165, 1.54) is 0 Å². The molecule has 0 spiro atoms. The van der Waals surface area contributed by atoms with Gasteiger partial charge in [0.15, 0.2) is 0 Å². The summed E-state index contributed by atoms with van der Waals surface area (Å²) in [5, 5.41) is 6.24. The molecule has 1 unspecified atom stereocenters. The van der Waals surface area contributed by atoms with E-state index in [0.717, 1.165) is 29.6 Å². The zero-order valence-corrected chi connectivity index (χ0v) is 14.5. The van der Waals surface area contributed by atoms with Crippen molar-refractivity contribution in [3.8, 4) is 0 Å². The Bertz CT molecular complexity index is 463. The number of nitrogens with zero attached hydrogens (tertiary/aromatic N) is 1. The molecule has 1 rings (SSSR count). The predicted molar refractivity (Wildman–Crippen MR) is 92.4 cm³/mol. The highest BCUT2D eigenvalue weighted by atomic mass is 32.2. The smallest absolute Gasteiger partial charge is 0.251 e. The quantitative estimate of drug-likeness (QED) is 0.771. The van der Waals surface area contributed by atoms with Crippen LogP contribution in [-0.2, 0) is 0 Å². The van der Waals surface area contributed by atoms with Crippen LogP contribution in [0.15, 0.2) is 12.1 Å². The van der Waals surface area contributed by atoms with Crippen molar-refractivity contribution in [3.63, 3.8) is 0 Å². The highest BCUT2D eigenvalue weighted by Crippen LogP contribution is 2.18. The largest absolute Gasteiger partial charge is 0.370 e. The number of hydrogen-bond donors (Lipinski definition) is 2. The Morgan fingerprint density at radius 2 is 2.00 bits per heavy atom. The van der Waals surface area contributed by atoms with E-state index in [-0.39, 0.29) is 11.9 Å². The molecule has 0 saturated heterocycles. The molecule has 21 heavy (non-hydrogen) atoms. The Morgan fingerprint density at radius 1 is 1.29 bits per heavy atom. The van der Waals surface area contributed by atoms with Crippen LogP contribution in [0.5, 0.6) is 0 Å². The minimum Gasteiger partial charge on any atom is -0.370 e. The zero-order chi connectivity index (χ0) is 15.8. The van der Waals surface area contributed by atoms with E-state index < -0.39 is 0 Å². The predicted octanol–water partition coefficient (Wildman–Crippen LogP) is 3.51. The van der Waals surface area contributed by atoms with E-state index in [2.05, 4.69) is 36.4 Å². The van der Waals surface area contributed by atoms with Crippen molar-refractivity contribution in [1.29, 1.82) is 0 Å². The van der Waals surface area contributed by atoms with Gasteiger partial charge in [-0.15, -0.1) is 0 Å². The van der Waals surface area contributed by atoms with Crippen LogP contribution < -0.4 is 10.6 Å². The molecule has 5 heteroatoms. The van der Waals surface area contributed by atoms with Crippen molar-refractivity contribution in [2.45, 2.75) is 46.6 Å². The number of pyridine rings is 1. The fraction of sp³-hybridized carbons (Fsp3) is 0.625. The molecule has 1 atom stereocenters. The molecule has 0 radical (unpaired) electrons. The summed E-state index contributed by atoms with van der Waals surface area (Å²) in [5.41, 5.74) is 1.62. The third-order valence-electron chi connectivity index (χ3n) is 3.01. The van der Waals surface area contributed by atoms with Gasteiger partial charge in [0.1, 0.15) is 5.82 Å². The fourth-order valence-electron chi connectivity index (χ4n) is 1.89. The van der Waals surface area contributed by atoms with Crippen LogP contribution >= 0.6 is 11.8 Å². The summed E-state index contributed by atoms with van der Waals surface area (Å²) in [6.07, 6.45) is 0. The van der Waals surface area contributed by atoms with Gasteiger partial charge in [0.05, 0.1) is 0 Å². The molecule has 1 aromatic rings. The first-order valence-electron chi connectivity index (χ1n) is 7.62. The maximum Gasteiger partial charge on any atom is 0.251 e. The summed E-state index contributed by atoms with van der Waals surface area (Å²) in [6, 6.07) is 3.88. The lowest BCUT2D eigenvalue weighted by atomic mass is 10.1. The first-order valence-corrected chi connectivity index (χ1v) is 8.77. The average Bonchev–Trinajstić information content (AvgIpc) is 2.45. The first kappa shape index (κ1) is 17.8. The minimum absolute atomic E-state index is 0.0253. The van der Waals surface area contributed by atoms with Gasteiger partial charge < -0.3 is 10.6 Å². The second-order valence-corrected chi connectivity index (χ2v) is 6.70. The van der Waals surface area contributed by atoms with Crippen LogP contribution in [0.25, 0.3) is 0 Å². The summed E-state index contributed by atoms with van der Waals surface area (Å²) < 4.78 is 0. The molecule has 0 aromatic carbocycles. The highest BCUT2D eigenvalue weighted by molar-refractivity contribution is 7.99. The van der Waals surface area contributed by atoms with Crippen molar-refractivity contribution in [3.05, 3.63) is 23.4 Å². The number of thioether (sulfide) groups is 1. The van der Waals surface area contributed by atoms with E-state index >= 15 is 0 Å². The number of nitrogens with one attached hydrogen (secondary N) is 2. The molecular weight excluding hydrogens is 282 g/mol. The first-order chi connectivity index (χ1) is 9.97. The highest BCUT2D eigenvalue weighted by Gasteiger charge is 2.13. The Labute approximate surface area is 132 Å². The normalized spacial score (nSPS) is 12.3. The third-order valence-corrected chi connectivity index (χ3v) is 4.15. The number of aromatic nitrogens is 1. The van der Waals surface area contributed by atoms with Gasteiger partial charge in [0, 0.05) is 29.6 Å². The van der Waals surface area contributed by atoms with Gasteiger partial charge >= 0.3 is 0 Å². The minimum atomic E-state index is -0.0253. The molecule has 0 aliphatic rings. The Kier molecular flexibility index (Phi) is 7.57. The van der Waals surface area contributed by atoms with Crippen LogP contribution in [0.1, 0.15) is 56.6 Å². The van der Waals surface area contributed by atoms with Gasteiger partial charge in [0.2, 0.25) is 0 Å². The zero-order valence-electron chi connectivity index (χ0n) is 13.7. The van der Waals surface area contributed by atoms with Gasteiger partial charge in [-0.05, 0) is 37.7 Å². The molecule has 1 amide bonds. The summed E-state index contributed by atoms with van der Waals surface area (Å²) in [4.78, 5) is 16.9. The number of carbonyl (C=O) groups is 1. The molecule has 2 N–H and O–H groups in total. The van der Waals surface area contributed by atoms with Gasteiger partial charge in [0.25, 0.3) is 5.91 Å². The molecule has 118 valence electrons. The van der Waals surface area contributed by atoms with E-state index in [4.69, 9.17) is 0 Å². The van der Waals surface area contributed by atoms with Gasteiger partial charge in [-0.2, -0.15) is 11.8 Å². The van der Waals surface area contributed by atoms with Gasteiger partial charge in [-0.25, -0.2) is 4.98 Å². The van der Waals surface area contributed by atoms with E-state index in [1.807, 2.05) is 37.7 Å². The average molecular weight is 309 g/mol. The monoisotopic (exact) mass is 309 g/mol. The van der Waals surface area contributed by atoms with Crippen molar-refractivity contribution in [2.75, 3.05) is 23.4 Å². The van der Waals surface area contributed by atoms with Crippen LogP contribution in [0.3, 0.4) is 0 Å².